The highest BCUT2D eigenvalue weighted by Crippen LogP contribution is 2.18. The van der Waals surface area contributed by atoms with Gasteiger partial charge in [0.2, 0.25) is 0 Å². The van der Waals surface area contributed by atoms with Gasteiger partial charge in [-0.25, -0.2) is 9.69 Å². The molecule has 1 fully saturated rings. The van der Waals surface area contributed by atoms with Crippen molar-refractivity contribution in [2.45, 2.75) is 20.4 Å². The second kappa shape index (κ2) is 5.59. The molecule has 1 aromatic heterocycles. The van der Waals surface area contributed by atoms with E-state index in [-0.39, 0.29) is 5.78 Å². The molecule has 1 aliphatic rings. The minimum atomic E-state index is -0.972. The predicted octanol–water partition coefficient (Wildman–Crippen LogP) is 0.894. The molecule has 0 aliphatic carbocycles. The Morgan fingerprint density at radius 1 is 1.23 bits per heavy atom. The summed E-state index contributed by atoms with van der Waals surface area (Å²) >= 11 is 0. The van der Waals surface area contributed by atoms with Gasteiger partial charge in [0.1, 0.15) is 0 Å². The van der Waals surface area contributed by atoms with Crippen LogP contribution in [0.2, 0.25) is 0 Å². The Labute approximate surface area is 127 Å². The normalized spacial score (nSPS) is 15.0. The molecule has 22 heavy (non-hydrogen) atoms. The van der Waals surface area contributed by atoms with Gasteiger partial charge >= 0.3 is 17.8 Å². The Morgan fingerprint density at radius 2 is 1.86 bits per heavy atom. The van der Waals surface area contributed by atoms with Crippen LogP contribution in [-0.2, 0) is 16.1 Å². The van der Waals surface area contributed by atoms with Crippen molar-refractivity contribution in [3.8, 4) is 0 Å². The van der Waals surface area contributed by atoms with E-state index in [1.165, 1.54) is 7.05 Å². The van der Waals surface area contributed by atoms with Crippen molar-refractivity contribution in [3.05, 3.63) is 35.7 Å². The Kier molecular flexibility index (Phi) is 3.99. The van der Waals surface area contributed by atoms with Crippen molar-refractivity contribution in [1.29, 1.82) is 0 Å². The summed E-state index contributed by atoms with van der Waals surface area (Å²) in [6.07, 6.45) is 1.72. The monoisotopic (exact) mass is 303 g/mol. The third-order valence-corrected chi connectivity index (χ3v) is 3.74. The number of hydrogen-bond donors (Lipinski definition) is 0. The molecule has 116 valence electrons. The minimum absolute atomic E-state index is 0.381. The summed E-state index contributed by atoms with van der Waals surface area (Å²) < 4.78 is 1.91. The first kappa shape index (κ1) is 15.7. The maximum absolute atomic E-state index is 12.4. The summed E-state index contributed by atoms with van der Waals surface area (Å²) in [7, 11) is 1.21. The zero-order chi connectivity index (χ0) is 16.6. The van der Waals surface area contributed by atoms with Crippen LogP contribution in [0.1, 0.15) is 21.7 Å². The number of carbonyl (C=O) groups excluding carboxylic acids is 4. The first-order valence-electron chi connectivity index (χ1n) is 6.74. The number of nitrogens with zero attached hydrogens (tertiary/aromatic N) is 3. The molecule has 0 N–H and O–H groups in total. The highest BCUT2D eigenvalue weighted by Gasteiger charge is 2.43. The van der Waals surface area contributed by atoms with E-state index in [1.807, 2.05) is 11.5 Å². The van der Waals surface area contributed by atoms with Crippen molar-refractivity contribution in [1.82, 2.24) is 14.4 Å². The molecule has 2 heterocycles. The number of aryl methyl sites for hydroxylation is 1. The van der Waals surface area contributed by atoms with Crippen molar-refractivity contribution in [2.75, 3.05) is 13.6 Å². The van der Waals surface area contributed by atoms with Gasteiger partial charge in [0.25, 0.3) is 0 Å². The van der Waals surface area contributed by atoms with Crippen LogP contribution < -0.4 is 0 Å². The third kappa shape index (κ3) is 2.34. The van der Waals surface area contributed by atoms with E-state index in [1.54, 1.807) is 19.1 Å². The van der Waals surface area contributed by atoms with Crippen molar-refractivity contribution < 1.29 is 19.2 Å². The van der Waals surface area contributed by atoms with Crippen LogP contribution in [0.4, 0.5) is 4.79 Å². The lowest BCUT2D eigenvalue weighted by Gasteiger charge is -2.12. The summed E-state index contributed by atoms with van der Waals surface area (Å²) in [5, 5.41) is 0. The first-order chi connectivity index (χ1) is 10.3. The number of ketones is 1. The summed E-state index contributed by atoms with van der Waals surface area (Å²) in [6.45, 7) is 7.43. The van der Waals surface area contributed by atoms with Gasteiger partial charge in [0.15, 0.2) is 5.78 Å². The van der Waals surface area contributed by atoms with Gasteiger partial charge in [-0.3, -0.25) is 19.3 Å². The van der Waals surface area contributed by atoms with Gasteiger partial charge in [-0.2, -0.15) is 0 Å². The molecule has 2 rings (SSSR count). The SMILES string of the molecule is C=CCn1c(C)cc(C(=O)CN2C(=O)C(=O)N(C)C2=O)c1C. The van der Waals surface area contributed by atoms with Crippen molar-refractivity contribution >= 4 is 23.6 Å². The fourth-order valence-electron chi connectivity index (χ4n) is 2.48. The number of amides is 4. The number of aromatic nitrogens is 1. The molecular formula is C15H17N3O4. The Bertz CT molecular complexity index is 702. The summed E-state index contributed by atoms with van der Waals surface area (Å²) in [5.41, 5.74) is 2.05. The van der Waals surface area contributed by atoms with Crippen LogP contribution in [0, 0.1) is 13.8 Å². The van der Waals surface area contributed by atoms with E-state index >= 15 is 0 Å². The van der Waals surface area contributed by atoms with Crippen LogP contribution >= 0.6 is 0 Å². The minimum Gasteiger partial charge on any atom is -0.345 e. The van der Waals surface area contributed by atoms with Crippen LogP contribution in [0.5, 0.6) is 0 Å². The molecule has 4 amide bonds. The fraction of sp³-hybridized carbons (Fsp3) is 0.333. The molecule has 0 atom stereocenters. The van der Waals surface area contributed by atoms with Crippen LogP contribution in [0.25, 0.3) is 0 Å². The van der Waals surface area contributed by atoms with Crippen LogP contribution in [0.3, 0.4) is 0 Å². The first-order valence-corrected chi connectivity index (χ1v) is 6.74. The Morgan fingerprint density at radius 3 is 2.36 bits per heavy atom. The molecule has 1 saturated heterocycles. The summed E-state index contributed by atoms with van der Waals surface area (Å²) in [6, 6.07) is 0.931. The second-order valence-corrected chi connectivity index (χ2v) is 5.15. The Balaban J connectivity index is 2.25. The van der Waals surface area contributed by atoms with E-state index in [9.17, 15) is 19.2 Å². The highest BCUT2D eigenvalue weighted by molar-refractivity contribution is 6.45. The number of hydrogen-bond acceptors (Lipinski definition) is 4. The molecule has 0 unspecified atom stereocenters. The average Bonchev–Trinajstić information content (AvgIpc) is 2.86. The van der Waals surface area contributed by atoms with Crippen LogP contribution in [-0.4, -0.2) is 51.6 Å². The topological polar surface area (TPSA) is 79.7 Å². The number of carbonyl (C=O) groups is 4. The van der Waals surface area contributed by atoms with Gasteiger partial charge in [-0.1, -0.05) is 6.08 Å². The standard InChI is InChI=1S/C15H17N3O4/c1-5-6-17-9(2)7-11(10(17)3)12(19)8-18-14(21)13(20)16(4)15(18)22/h5,7H,1,6,8H2,2-4H3. The summed E-state index contributed by atoms with van der Waals surface area (Å²) in [4.78, 5) is 48.7. The summed E-state index contributed by atoms with van der Waals surface area (Å²) in [5.74, 6) is -2.27. The van der Waals surface area contributed by atoms with E-state index in [0.29, 0.717) is 21.9 Å². The van der Waals surface area contributed by atoms with E-state index < -0.39 is 24.4 Å². The van der Waals surface area contributed by atoms with Gasteiger partial charge in [-0.05, 0) is 19.9 Å². The largest absolute Gasteiger partial charge is 0.345 e. The van der Waals surface area contributed by atoms with E-state index in [4.69, 9.17) is 0 Å². The molecule has 0 bridgehead atoms. The highest BCUT2D eigenvalue weighted by atomic mass is 16.2. The average molecular weight is 303 g/mol. The quantitative estimate of drug-likeness (QED) is 0.350. The molecule has 0 aromatic carbocycles. The van der Waals surface area contributed by atoms with Crippen LogP contribution in [0.15, 0.2) is 18.7 Å². The second-order valence-electron chi connectivity index (χ2n) is 5.15. The maximum atomic E-state index is 12.4. The predicted molar refractivity (Wildman–Crippen MR) is 78.3 cm³/mol. The van der Waals surface area contributed by atoms with Crippen molar-refractivity contribution in [2.24, 2.45) is 0 Å². The zero-order valence-corrected chi connectivity index (χ0v) is 12.8. The van der Waals surface area contributed by atoms with Gasteiger partial charge < -0.3 is 4.57 Å². The lowest BCUT2D eigenvalue weighted by Crippen LogP contribution is -2.36. The number of rotatable bonds is 5. The molecule has 1 aliphatic heterocycles. The lowest BCUT2D eigenvalue weighted by atomic mass is 10.1. The number of imide groups is 2. The Hall–Kier alpha value is -2.70. The number of likely N-dealkylation sites (N-methyl/N-ethyl adjacent to an activating group) is 1. The molecule has 0 saturated carbocycles. The van der Waals surface area contributed by atoms with Gasteiger partial charge in [0.05, 0.1) is 6.54 Å². The fourth-order valence-corrected chi connectivity index (χ4v) is 2.48. The number of urea groups is 1. The zero-order valence-electron chi connectivity index (χ0n) is 12.8. The number of Topliss-reactive ketones (excluding diaryl/α,β-unsaturated/α-hetero) is 1. The smallest absolute Gasteiger partial charge is 0.334 e. The molecule has 0 spiro atoms. The molecule has 0 radical (unpaired) electrons. The molecule has 1 aromatic rings. The molecule has 7 nitrogen and oxygen atoms in total. The lowest BCUT2D eigenvalue weighted by molar-refractivity contribution is -0.142. The number of allylic oxidation sites excluding steroid dienone is 1. The van der Waals surface area contributed by atoms with E-state index in [2.05, 4.69) is 6.58 Å². The molecule has 7 heteroatoms. The van der Waals surface area contributed by atoms with Gasteiger partial charge in [0, 0.05) is 30.5 Å². The van der Waals surface area contributed by atoms with E-state index in [0.717, 1.165) is 11.4 Å². The van der Waals surface area contributed by atoms with Gasteiger partial charge in [-0.15, -0.1) is 6.58 Å². The maximum Gasteiger partial charge on any atom is 0.334 e. The van der Waals surface area contributed by atoms with Crippen molar-refractivity contribution in [3.63, 3.8) is 0 Å². The molecular weight excluding hydrogens is 286 g/mol. The third-order valence-electron chi connectivity index (χ3n) is 3.74.